The molecule has 1 aromatic rings. The van der Waals surface area contributed by atoms with E-state index in [0.717, 1.165) is 29.7 Å². The predicted octanol–water partition coefficient (Wildman–Crippen LogP) is 3.42. The summed E-state index contributed by atoms with van der Waals surface area (Å²) in [5, 5.41) is 3.65. The van der Waals surface area contributed by atoms with Gasteiger partial charge in [0.1, 0.15) is 5.75 Å². The minimum Gasteiger partial charge on any atom is -0.496 e. The van der Waals surface area contributed by atoms with Gasteiger partial charge in [0.15, 0.2) is 0 Å². The number of ether oxygens (including phenoxy) is 1. The van der Waals surface area contributed by atoms with E-state index >= 15 is 0 Å². The molecule has 1 N–H and O–H groups in total. The van der Waals surface area contributed by atoms with Gasteiger partial charge >= 0.3 is 0 Å². The lowest BCUT2D eigenvalue weighted by atomic mass is 9.93. The van der Waals surface area contributed by atoms with Crippen LogP contribution in [-0.2, 0) is 0 Å². The van der Waals surface area contributed by atoms with E-state index in [-0.39, 0.29) is 5.54 Å². The van der Waals surface area contributed by atoms with Crippen LogP contribution in [0.5, 0.6) is 5.75 Å². The van der Waals surface area contributed by atoms with Gasteiger partial charge in [-0.15, -0.1) is 0 Å². The standard InChI is InChI=1S/C15H23BrN2O/c1-5-15(3)10-18(11(2)9-17-15)12-6-7-14(19-4)13(16)8-12/h6-8,11,17H,5,9-10H2,1-4H3. The van der Waals surface area contributed by atoms with Crippen LogP contribution in [0.3, 0.4) is 0 Å². The maximum absolute atomic E-state index is 5.30. The van der Waals surface area contributed by atoms with E-state index in [1.165, 1.54) is 5.69 Å². The van der Waals surface area contributed by atoms with Gasteiger partial charge in [-0.2, -0.15) is 0 Å². The van der Waals surface area contributed by atoms with Crippen LogP contribution in [0, 0.1) is 0 Å². The SMILES string of the molecule is CCC1(C)CN(c2ccc(OC)c(Br)c2)C(C)CN1. The Labute approximate surface area is 124 Å². The molecule has 4 heteroatoms. The van der Waals surface area contributed by atoms with Crippen molar-refractivity contribution in [1.29, 1.82) is 0 Å². The van der Waals surface area contributed by atoms with Crippen molar-refractivity contribution in [2.24, 2.45) is 0 Å². The Morgan fingerprint density at radius 3 is 2.84 bits per heavy atom. The van der Waals surface area contributed by atoms with Crippen molar-refractivity contribution in [2.45, 2.75) is 38.8 Å². The van der Waals surface area contributed by atoms with E-state index in [1.54, 1.807) is 7.11 Å². The fraction of sp³-hybridized carbons (Fsp3) is 0.600. The van der Waals surface area contributed by atoms with Gasteiger partial charge in [0.05, 0.1) is 11.6 Å². The first-order valence-corrected chi connectivity index (χ1v) is 7.63. The third-order valence-corrected chi connectivity index (χ3v) is 4.74. The molecule has 0 aliphatic carbocycles. The van der Waals surface area contributed by atoms with Crippen LogP contribution in [0.2, 0.25) is 0 Å². The molecule has 1 fully saturated rings. The van der Waals surface area contributed by atoms with Crippen LogP contribution >= 0.6 is 15.9 Å². The van der Waals surface area contributed by atoms with Gasteiger partial charge in [-0.05, 0) is 54.4 Å². The molecule has 0 aromatic heterocycles. The average molecular weight is 327 g/mol. The molecule has 1 aliphatic heterocycles. The van der Waals surface area contributed by atoms with Crippen molar-refractivity contribution in [3.63, 3.8) is 0 Å². The topological polar surface area (TPSA) is 24.5 Å². The van der Waals surface area contributed by atoms with Crippen molar-refractivity contribution in [1.82, 2.24) is 5.32 Å². The molecule has 2 atom stereocenters. The van der Waals surface area contributed by atoms with Gasteiger partial charge in [0.2, 0.25) is 0 Å². The highest BCUT2D eigenvalue weighted by Crippen LogP contribution is 2.32. The van der Waals surface area contributed by atoms with Gasteiger partial charge in [-0.1, -0.05) is 6.92 Å². The summed E-state index contributed by atoms with van der Waals surface area (Å²) in [6, 6.07) is 6.82. The number of anilines is 1. The van der Waals surface area contributed by atoms with Gasteiger partial charge < -0.3 is 15.0 Å². The smallest absolute Gasteiger partial charge is 0.133 e. The van der Waals surface area contributed by atoms with E-state index < -0.39 is 0 Å². The van der Waals surface area contributed by atoms with Crippen molar-refractivity contribution in [3.05, 3.63) is 22.7 Å². The molecule has 0 saturated carbocycles. The average Bonchev–Trinajstić information content (AvgIpc) is 2.42. The molecule has 1 heterocycles. The van der Waals surface area contributed by atoms with E-state index in [2.05, 4.69) is 59.1 Å². The van der Waals surface area contributed by atoms with Crippen LogP contribution in [0.1, 0.15) is 27.2 Å². The van der Waals surface area contributed by atoms with Crippen LogP contribution in [-0.4, -0.2) is 31.8 Å². The highest BCUT2D eigenvalue weighted by molar-refractivity contribution is 9.10. The predicted molar refractivity (Wildman–Crippen MR) is 84.2 cm³/mol. The molecule has 2 unspecified atom stereocenters. The second-order valence-corrected chi connectivity index (χ2v) is 6.45. The molecule has 106 valence electrons. The lowest BCUT2D eigenvalue weighted by molar-refractivity contribution is 0.285. The molecule has 1 aliphatic rings. The zero-order valence-electron chi connectivity index (χ0n) is 12.2. The molecule has 0 amide bonds. The normalized spacial score (nSPS) is 27.4. The van der Waals surface area contributed by atoms with Crippen LogP contribution < -0.4 is 15.0 Å². The van der Waals surface area contributed by atoms with Gasteiger partial charge in [0.25, 0.3) is 0 Å². The van der Waals surface area contributed by atoms with Gasteiger partial charge in [-0.25, -0.2) is 0 Å². The summed E-state index contributed by atoms with van der Waals surface area (Å²) in [6.07, 6.45) is 1.13. The van der Waals surface area contributed by atoms with Crippen molar-refractivity contribution in [3.8, 4) is 5.75 Å². The van der Waals surface area contributed by atoms with Crippen molar-refractivity contribution >= 4 is 21.6 Å². The zero-order chi connectivity index (χ0) is 14.0. The Morgan fingerprint density at radius 1 is 1.53 bits per heavy atom. The lowest BCUT2D eigenvalue weighted by Gasteiger charge is -2.46. The third kappa shape index (κ3) is 3.06. The molecule has 3 nitrogen and oxygen atoms in total. The highest BCUT2D eigenvalue weighted by Gasteiger charge is 2.32. The summed E-state index contributed by atoms with van der Waals surface area (Å²) in [6.45, 7) is 8.85. The summed E-state index contributed by atoms with van der Waals surface area (Å²) < 4.78 is 6.31. The molecule has 0 spiro atoms. The summed E-state index contributed by atoms with van der Waals surface area (Å²) in [5.41, 5.74) is 1.44. The first-order chi connectivity index (χ1) is 8.99. The molecule has 0 radical (unpaired) electrons. The molecule has 0 bridgehead atoms. The van der Waals surface area contributed by atoms with Crippen molar-refractivity contribution < 1.29 is 4.74 Å². The Balaban J connectivity index is 2.26. The Hall–Kier alpha value is -0.740. The van der Waals surface area contributed by atoms with Crippen LogP contribution in [0.4, 0.5) is 5.69 Å². The Bertz CT molecular complexity index is 452. The first kappa shape index (κ1) is 14.7. The lowest BCUT2D eigenvalue weighted by Crippen LogP contribution is -2.62. The number of nitrogens with zero attached hydrogens (tertiary/aromatic N) is 1. The monoisotopic (exact) mass is 326 g/mol. The number of benzene rings is 1. The Kier molecular flexibility index (Phi) is 4.41. The number of methoxy groups -OCH3 is 1. The molecular formula is C15H23BrN2O. The van der Waals surface area contributed by atoms with Crippen LogP contribution in [0.15, 0.2) is 22.7 Å². The van der Waals surface area contributed by atoms with E-state index in [1.807, 2.05) is 6.07 Å². The molecule has 1 aromatic carbocycles. The van der Waals surface area contributed by atoms with Crippen molar-refractivity contribution in [2.75, 3.05) is 25.1 Å². The maximum Gasteiger partial charge on any atom is 0.133 e. The van der Waals surface area contributed by atoms with Gasteiger partial charge in [0, 0.05) is 30.4 Å². The van der Waals surface area contributed by atoms with E-state index in [9.17, 15) is 0 Å². The van der Waals surface area contributed by atoms with E-state index in [0.29, 0.717) is 6.04 Å². The first-order valence-electron chi connectivity index (χ1n) is 6.84. The number of hydrogen-bond acceptors (Lipinski definition) is 3. The summed E-state index contributed by atoms with van der Waals surface area (Å²) in [4.78, 5) is 2.48. The molecule has 19 heavy (non-hydrogen) atoms. The fourth-order valence-corrected chi connectivity index (χ4v) is 3.04. The Morgan fingerprint density at radius 2 is 2.26 bits per heavy atom. The molecule has 1 saturated heterocycles. The number of nitrogens with one attached hydrogen (secondary N) is 1. The van der Waals surface area contributed by atoms with Crippen LogP contribution in [0.25, 0.3) is 0 Å². The second kappa shape index (κ2) is 5.71. The molecular weight excluding hydrogens is 304 g/mol. The number of halogens is 1. The maximum atomic E-state index is 5.30. The fourth-order valence-electron chi connectivity index (χ4n) is 2.51. The molecule has 2 rings (SSSR count). The summed E-state index contributed by atoms with van der Waals surface area (Å²) in [7, 11) is 1.70. The summed E-state index contributed by atoms with van der Waals surface area (Å²) >= 11 is 3.57. The minimum absolute atomic E-state index is 0.193. The van der Waals surface area contributed by atoms with E-state index in [4.69, 9.17) is 4.74 Å². The number of rotatable bonds is 3. The number of hydrogen-bond donors (Lipinski definition) is 1. The number of piperazine rings is 1. The van der Waals surface area contributed by atoms with Gasteiger partial charge in [-0.3, -0.25) is 0 Å². The largest absolute Gasteiger partial charge is 0.496 e. The highest BCUT2D eigenvalue weighted by atomic mass is 79.9. The zero-order valence-corrected chi connectivity index (χ0v) is 13.8. The second-order valence-electron chi connectivity index (χ2n) is 5.59. The summed E-state index contributed by atoms with van der Waals surface area (Å²) in [5.74, 6) is 0.879. The minimum atomic E-state index is 0.193. The third-order valence-electron chi connectivity index (χ3n) is 4.12. The quantitative estimate of drug-likeness (QED) is 0.921.